The van der Waals surface area contributed by atoms with Gasteiger partial charge in [0.15, 0.2) is 0 Å². The van der Waals surface area contributed by atoms with Crippen molar-refractivity contribution in [3.8, 4) is 11.3 Å². The van der Waals surface area contributed by atoms with E-state index in [1.54, 1.807) is 0 Å². The number of aromatic amines is 1. The first-order valence-corrected chi connectivity index (χ1v) is 14.5. The number of fused-ring (bicyclic) bond motifs is 1. The van der Waals surface area contributed by atoms with Crippen LogP contribution in [0.3, 0.4) is 0 Å². The van der Waals surface area contributed by atoms with Crippen LogP contribution in [0.4, 0.5) is 19.1 Å². The van der Waals surface area contributed by atoms with Gasteiger partial charge in [-0.1, -0.05) is 6.07 Å². The number of H-pyrrole nitrogens is 1. The second-order valence-electron chi connectivity index (χ2n) is 9.66. The number of likely N-dealkylation sites (tertiary alicyclic amines) is 1. The van der Waals surface area contributed by atoms with Gasteiger partial charge in [0.2, 0.25) is 5.95 Å². The molecule has 1 aliphatic heterocycles. The lowest BCUT2D eigenvalue weighted by molar-refractivity contribution is -0.137. The third-order valence-electron chi connectivity index (χ3n) is 6.60. The Kier molecular flexibility index (Phi) is 7.64. The molecule has 0 saturated carbocycles. The molecule has 200 valence electrons. The number of alkyl halides is 3. The topological polar surface area (TPSA) is 137 Å². The minimum atomic E-state index is -4.72. The summed E-state index contributed by atoms with van der Waals surface area (Å²) in [5.41, 5.74) is 4.43. The summed E-state index contributed by atoms with van der Waals surface area (Å²) in [6, 6.07) is 2.67. The molecule has 3 heterocycles. The minimum absolute atomic E-state index is 0.0501. The normalized spacial score (nSPS) is 17.0. The largest absolute Gasteiger partial charge is 0.478 e. The number of carbonyl (C=O) groups is 1. The predicted octanol–water partition coefficient (Wildman–Crippen LogP) is 3.67. The molecular formula is C24H30F3N6O3P. The van der Waals surface area contributed by atoms with Crippen molar-refractivity contribution in [2.45, 2.75) is 19.0 Å². The lowest BCUT2D eigenvalue weighted by atomic mass is 10.0. The van der Waals surface area contributed by atoms with Crippen LogP contribution in [0.5, 0.6) is 0 Å². The molecule has 9 nitrogen and oxygen atoms in total. The Morgan fingerprint density at radius 2 is 2.11 bits per heavy atom. The maximum atomic E-state index is 13.9. The zero-order valence-electron chi connectivity index (χ0n) is 20.6. The van der Waals surface area contributed by atoms with Crippen molar-refractivity contribution in [2.24, 2.45) is 11.7 Å². The number of hydrogen-bond acceptors (Lipinski definition) is 7. The summed E-state index contributed by atoms with van der Waals surface area (Å²) in [7, 11) is -3.11. The molecule has 0 amide bonds. The van der Waals surface area contributed by atoms with Gasteiger partial charge < -0.3 is 30.6 Å². The van der Waals surface area contributed by atoms with E-state index >= 15 is 0 Å². The lowest BCUT2D eigenvalue weighted by Gasteiger charge is -2.17. The fourth-order valence-electron chi connectivity index (χ4n) is 4.90. The van der Waals surface area contributed by atoms with E-state index in [1.165, 1.54) is 31.7 Å². The number of carboxylic acids is 1. The van der Waals surface area contributed by atoms with Crippen LogP contribution >= 0.6 is 7.14 Å². The van der Waals surface area contributed by atoms with Crippen molar-refractivity contribution in [3.05, 3.63) is 35.7 Å². The molecule has 13 heteroatoms. The zero-order valence-corrected chi connectivity index (χ0v) is 21.5. The molecule has 4 rings (SSSR count). The molecule has 0 spiro atoms. The predicted molar refractivity (Wildman–Crippen MR) is 137 cm³/mol. The van der Waals surface area contributed by atoms with Crippen LogP contribution in [0.1, 0.15) is 28.8 Å². The Morgan fingerprint density at radius 3 is 2.76 bits per heavy atom. The third kappa shape index (κ3) is 5.81. The lowest BCUT2D eigenvalue weighted by Crippen LogP contribution is -2.27. The van der Waals surface area contributed by atoms with Gasteiger partial charge in [0.1, 0.15) is 12.7 Å². The van der Waals surface area contributed by atoms with E-state index in [0.717, 1.165) is 32.1 Å². The Bertz CT molecular complexity index is 1350. The highest BCUT2D eigenvalue weighted by molar-refractivity contribution is 7.70. The van der Waals surface area contributed by atoms with Crippen molar-refractivity contribution in [3.63, 3.8) is 0 Å². The van der Waals surface area contributed by atoms with Gasteiger partial charge in [0, 0.05) is 48.3 Å². The highest BCUT2D eigenvalue weighted by atomic mass is 31.2. The summed E-state index contributed by atoms with van der Waals surface area (Å²) in [4.78, 5) is 25.0. The number of hydrogen-bond donors (Lipinski definition) is 4. The Hall–Kier alpha value is -2.95. The van der Waals surface area contributed by atoms with Crippen LogP contribution in [0.2, 0.25) is 0 Å². The Labute approximate surface area is 212 Å². The van der Waals surface area contributed by atoms with Gasteiger partial charge in [-0.05, 0) is 51.2 Å². The van der Waals surface area contributed by atoms with Crippen LogP contribution < -0.4 is 16.4 Å². The fourth-order valence-corrected chi connectivity index (χ4v) is 6.38. The van der Waals surface area contributed by atoms with Gasteiger partial charge in [-0.15, -0.1) is 0 Å². The molecule has 2 aromatic heterocycles. The van der Waals surface area contributed by atoms with Crippen molar-refractivity contribution >= 4 is 35.3 Å². The zero-order chi connectivity index (χ0) is 27.0. The molecule has 0 aliphatic carbocycles. The molecule has 1 saturated heterocycles. The number of halogens is 3. The van der Waals surface area contributed by atoms with Gasteiger partial charge in [-0.3, -0.25) is 0 Å². The van der Waals surface area contributed by atoms with E-state index in [1.807, 2.05) is 0 Å². The maximum Gasteiger partial charge on any atom is 0.419 e. The van der Waals surface area contributed by atoms with Gasteiger partial charge in [0.25, 0.3) is 0 Å². The number of nitrogens with one attached hydrogen (secondary N) is 2. The highest BCUT2D eigenvalue weighted by Crippen LogP contribution is 2.43. The fraction of sp³-hybridized carbons (Fsp3) is 0.458. The molecule has 3 aromatic rings. The van der Waals surface area contributed by atoms with E-state index in [9.17, 15) is 27.6 Å². The van der Waals surface area contributed by atoms with Crippen LogP contribution in [0.25, 0.3) is 22.2 Å². The minimum Gasteiger partial charge on any atom is -0.478 e. The summed E-state index contributed by atoms with van der Waals surface area (Å²) >= 11 is 0. The second-order valence-corrected chi connectivity index (χ2v) is 12.8. The van der Waals surface area contributed by atoms with Crippen LogP contribution in [0, 0.1) is 5.92 Å². The average molecular weight is 539 g/mol. The number of anilines is 1. The second kappa shape index (κ2) is 10.4. The number of carboxylic acid groups (broad SMARTS) is 1. The monoisotopic (exact) mass is 538 g/mol. The smallest absolute Gasteiger partial charge is 0.419 e. The van der Waals surface area contributed by atoms with Crippen molar-refractivity contribution in [1.82, 2.24) is 19.9 Å². The summed E-state index contributed by atoms with van der Waals surface area (Å²) in [5, 5.41) is 13.0. The van der Waals surface area contributed by atoms with Gasteiger partial charge in [0.05, 0.1) is 16.8 Å². The summed E-state index contributed by atoms with van der Waals surface area (Å²) in [6.07, 6.45) is -0.597. The molecular weight excluding hydrogens is 508 g/mol. The first-order chi connectivity index (χ1) is 17.4. The first kappa shape index (κ1) is 27.1. The number of aromatic carboxylic acids is 1. The molecule has 37 heavy (non-hydrogen) atoms. The molecule has 0 radical (unpaired) electrons. The van der Waals surface area contributed by atoms with Gasteiger partial charge in [-0.2, -0.15) is 13.2 Å². The van der Waals surface area contributed by atoms with Crippen molar-refractivity contribution in [2.75, 3.05) is 51.4 Å². The number of rotatable bonds is 9. The molecule has 0 bridgehead atoms. The Morgan fingerprint density at radius 1 is 1.35 bits per heavy atom. The quantitative estimate of drug-likeness (QED) is 0.303. The molecule has 1 atom stereocenters. The average Bonchev–Trinajstić information content (AvgIpc) is 3.44. The molecule has 5 N–H and O–H groups in total. The molecule has 1 unspecified atom stereocenters. The van der Waals surface area contributed by atoms with Crippen LogP contribution in [-0.4, -0.2) is 77.0 Å². The van der Waals surface area contributed by atoms with Crippen LogP contribution in [0.15, 0.2) is 24.5 Å². The Balaban J connectivity index is 1.68. The van der Waals surface area contributed by atoms with Crippen molar-refractivity contribution < 1.29 is 27.6 Å². The number of aromatic nitrogens is 3. The summed E-state index contributed by atoms with van der Waals surface area (Å²) in [5.74, 6) is -0.656. The van der Waals surface area contributed by atoms with Crippen LogP contribution in [-0.2, 0) is 10.7 Å². The van der Waals surface area contributed by atoms with E-state index in [2.05, 4.69) is 25.2 Å². The number of benzene rings is 1. The van der Waals surface area contributed by atoms with E-state index in [4.69, 9.17) is 5.73 Å². The molecule has 1 fully saturated rings. The number of nitrogens with two attached hydrogens (primary N) is 1. The van der Waals surface area contributed by atoms with Gasteiger partial charge >= 0.3 is 12.1 Å². The highest BCUT2D eigenvalue weighted by Gasteiger charge is 2.36. The van der Waals surface area contributed by atoms with Crippen molar-refractivity contribution in [1.29, 1.82) is 0 Å². The summed E-state index contributed by atoms with van der Waals surface area (Å²) < 4.78 is 54.7. The van der Waals surface area contributed by atoms with E-state index < -0.39 is 24.9 Å². The van der Waals surface area contributed by atoms with E-state index in [0.29, 0.717) is 30.9 Å². The first-order valence-electron chi connectivity index (χ1n) is 11.9. The number of nitrogens with zero attached hydrogens (tertiary/aromatic N) is 3. The molecule has 1 aromatic carbocycles. The summed E-state index contributed by atoms with van der Waals surface area (Å²) in [6.45, 7) is 6.52. The third-order valence-corrected chi connectivity index (χ3v) is 8.14. The standard InChI is InChI=1S/C24H30F3N6O3P/c1-37(2,36)21-16(22(34)35)4-3-15-17(11-30-20(15)21)19-18(24(25,26)27)12-31-23(32-19)29-8-10-33-9-6-14(13-33)5-7-28/h3-4,11-12,14,30H,5-10,13,28H2,1-2H3,(H,34,35)(H,29,31,32). The SMILES string of the molecule is CP(C)(=O)c1c(C(=O)O)ccc2c(-c3nc(NCCN4CCC(CCN)C4)ncc3C(F)(F)F)c[nH]c12. The van der Waals surface area contributed by atoms with E-state index in [-0.39, 0.29) is 33.6 Å². The van der Waals surface area contributed by atoms with Gasteiger partial charge in [-0.25, -0.2) is 14.8 Å². The maximum absolute atomic E-state index is 13.9. The molecule has 1 aliphatic rings.